The van der Waals surface area contributed by atoms with E-state index in [2.05, 4.69) is 0 Å². The largest absolute Gasteiger partial charge is 0.507 e. The number of sulfone groups is 1. The predicted molar refractivity (Wildman–Crippen MR) is 55.6 cm³/mol. The highest BCUT2D eigenvalue weighted by atomic mass is 35.6. The summed E-state index contributed by atoms with van der Waals surface area (Å²) in [7, 11) is -4.16. The van der Waals surface area contributed by atoms with Crippen LogP contribution in [0.25, 0.3) is 0 Å². The summed E-state index contributed by atoms with van der Waals surface area (Å²) >= 11 is 15.8. The molecule has 0 bridgehead atoms. The van der Waals surface area contributed by atoms with Gasteiger partial charge >= 0.3 is 0 Å². The molecule has 14 heavy (non-hydrogen) atoms. The molecule has 0 heterocycles. The molecule has 0 aliphatic heterocycles. The van der Waals surface area contributed by atoms with E-state index in [0.717, 1.165) is 6.07 Å². The Morgan fingerprint density at radius 1 is 1.14 bits per heavy atom. The third kappa shape index (κ3) is 2.08. The van der Waals surface area contributed by atoms with Crippen LogP contribution in [0.1, 0.15) is 0 Å². The molecule has 1 N–H and O–H groups in total. The van der Waals surface area contributed by atoms with Gasteiger partial charge in [0.15, 0.2) is 0 Å². The van der Waals surface area contributed by atoms with Crippen molar-refractivity contribution in [3.05, 3.63) is 24.3 Å². The number of hydrogen-bond donors (Lipinski definition) is 1. The number of phenols is 1. The van der Waals surface area contributed by atoms with E-state index >= 15 is 0 Å². The quantitative estimate of drug-likeness (QED) is 0.801. The van der Waals surface area contributed by atoms with Gasteiger partial charge in [0.1, 0.15) is 10.6 Å². The van der Waals surface area contributed by atoms with Crippen molar-refractivity contribution < 1.29 is 13.5 Å². The smallest absolute Gasteiger partial charge is 0.297 e. The molecule has 0 saturated heterocycles. The second kappa shape index (κ2) is 3.77. The van der Waals surface area contributed by atoms with Crippen LogP contribution in [0.15, 0.2) is 29.2 Å². The highest BCUT2D eigenvalue weighted by molar-refractivity contribution is 7.97. The number of para-hydroxylation sites is 1. The van der Waals surface area contributed by atoms with Gasteiger partial charge in [0.05, 0.1) is 0 Å². The van der Waals surface area contributed by atoms with E-state index < -0.39 is 23.6 Å². The fraction of sp³-hybridized carbons (Fsp3) is 0.143. The Morgan fingerprint density at radius 3 is 2.07 bits per heavy atom. The van der Waals surface area contributed by atoms with Gasteiger partial charge in [0.2, 0.25) is 9.84 Å². The highest BCUT2D eigenvalue weighted by Crippen LogP contribution is 2.40. The molecule has 0 aliphatic rings. The summed E-state index contributed by atoms with van der Waals surface area (Å²) < 4.78 is 20.6. The van der Waals surface area contributed by atoms with Crippen LogP contribution in [0, 0.1) is 0 Å². The molecule has 7 heteroatoms. The first-order valence-electron chi connectivity index (χ1n) is 3.36. The fourth-order valence-electron chi connectivity index (χ4n) is 0.809. The summed E-state index contributed by atoms with van der Waals surface area (Å²) in [4.78, 5) is -0.403. The lowest BCUT2D eigenvalue weighted by atomic mass is 10.3. The van der Waals surface area contributed by atoms with E-state index in [1.54, 1.807) is 0 Å². The van der Waals surface area contributed by atoms with E-state index in [-0.39, 0.29) is 0 Å². The van der Waals surface area contributed by atoms with E-state index in [1.165, 1.54) is 18.2 Å². The number of hydrogen-bond acceptors (Lipinski definition) is 3. The lowest BCUT2D eigenvalue weighted by molar-refractivity contribution is 0.459. The first-order chi connectivity index (χ1) is 6.27. The molecule has 1 aromatic rings. The maximum atomic E-state index is 11.5. The molecule has 0 saturated carbocycles. The molecule has 0 aliphatic carbocycles. The predicted octanol–water partition coefficient (Wildman–Crippen LogP) is 2.49. The molecule has 0 aromatic heterocycles. The third-order valence-electron chi connectivity index (χ3n) is 1.46. The van der Waals surface area contributed by atoms with Crippen LogP contribution in [0.5, 0.6) is 5.75 Å². The van der Waals surface area contributed by atoms with Crippen molar-refractivity contribution in [3.8, 4) is 5.75 Å². The monoisotopic (exact) mass is 274 g/mol. The summed E-state index contributed by atoms with van der Waals surface area (Å²) in [6.07, 6.45) is 0. The van der Waals surface area contributed by atoms with Crippen LogP contribution in [0.4, 0.5) is 0 Å². The summed E-state index contributed by atoms with van der Waals surface area (Å²) in [6, 6.07) is 5.24. The van der Waals surface area contributed by atoms with Gasteiger partial charge in [-0.15, -0.1) is 0 Å². The summed E-state index contributed by atoms with van der Waals surface area (Å²) in [6.45, 7) is 0. The third-order valence-corrected chi connectivity index (χ3v) is 4.82. The van der Waals surface area contributed by atoms with Crippen molar-refractivity contribution >= 4 is 44.6 Å². The average Bonchev–Trinajstić information content (AvgIpc) is 2.02. The van der Waals surface area contributed by atoms with Gasteiger partial charge in [-0.25, -0.2) is 8.42 Å². The standard InChI is InChI=1S/C7H5Cl3O3S/c8-7(9,10)14(12,13)6-4-2-1-3-5(6)11/h1-4,11H. The Hall–Kier alpha value is -0.160. The molecular weight excluding hydrogens is 270 g/mol. The first kappa shape index (κ1) is 11.9. The van der Waals surface area contributed by atoms with Crippen molar-refractivity contribution in [1.29, 1.82) is 0 Å². The topological polar surface area (TPSA) is 54.4 Å². The number of alkyl halides is 3. The Labute approximate surface area is 96.1 Å². The van der Waals surface area contributed by atoms with E-state index in [9.17, 15) is 13.5 Å². The molecule has 0 spiro atoms. The molecule has 0 radical (unpaired) electrons. The van der Waals surface area contributed by atoms with Gasteiger partial charge in [-0.3, -0.25) is 0 Å². The Bertz CT molecular complexity index is 436. The zero-order chi connectivity index (χ0) is 11.0. The van der Waals surface area contributed by atoms with Gasteiger partial charge in [0, 0.05) is 0 Å². The second-order valence-electron chi connectivity index (χ2n) is 2.42. The average molecular weight is 276 g/mol. The highest BCUT2D eigenvalue weighted by Gasteiger charge is 2.40. The fourth-order valence-corrected chi connectivity index (χ4v) is 2.41. The molecule has 3 nitrogen and oxygen atoms in total. The van der Waals surface area contributed by atoms with Crippen molar-refractivity contribution in [3.63, 3.8) is 0 Å². The summed E-state index contributed by atoms with van der Waals surface area (Å²) in [5, 5.41) is 9.25. The lowest BCUT2D eigenvalue weighted by Crippen LogP contribution is -2.19. The summed E-state index contributed by atoms with van der Waals surface area (Å²) in [5.74, 6) is -0.446. The Kier molecular flexibility index (Phi) is 3.21. The van der Waals surface area contributed by atoms with Crippen LogP contribution >= 0.6 is 34.8 Å². The number of benzene rings is 1. The molecular formula is C7H5Cl3O3S. The van der Waals surface area contributed by atoms with Gasteiger partial charge in [-0.05, 0) is 12.1 Å². The van der Waals surface area contributed by atoms with Gasteiger partial charge in [-0.2, -0.15) is 0 Å². The van der Waals surface area contributed by atoms with Gasteiger partial charge in [0.25, 0.3) is 3.12 Å². The van der Waals surface area contributed by atoms with Crippen molar-refractivity contribution in [1.82, 2.24) is 0 Å². The SMILES string of the molecule is O=S(=O)(c1ccccc1O)C(Cl)(Cl)Cl. The maximum absolute atomic E-state index is 11.5. The van der Waals surface area contributed by atoms with Crippen molar-refractivity contribution in [2.24, 2.45) is 0 Å². The number of halogens is 3. The van der Waals surface area contributed by atoms with Crippen LogP contribution in [-0.2, 0) is 9.84 Å². The van der Waals surface area contributed by atoms with E-state index in [0.29, 0.717) is 0 Å². The van der Waals surface area contributed by atoms with Crippen LogP contribution in [0.3, 0.4) is 0 Å². The second-order valence-corrected chi connectivity index (χ2v) is 7.43. The molecule has 0 fully saturated rings. The Morgan fingerprint density at radius 2 is 1.64 bits per heavy atom. The van der Waals surface area contributed by atoms with Crippen molar-refractivity contribution in [2.75, 3.05) is 0 Å². The molecule has 0 atom stereocenters. The molecule has 1 aromatic carbocycles. The molecule has 1 rings (SSSR count). The van der Waals surface area contributed by atoms with Crippen LogP contribution in [0.2, 0.25) is 0 Å². The normalized spacial score (nSPS) is 12.8. The van der Waals surface area contributed by atoms with Gasteiger partial charge in [-0.1, -0.05) is 46.9 Å². The minimum Gasteiger partial charge on any atom is -0.507 e. The van der Waals surface area contributed by atoms with Crippen molar-refractivity contribution in [2.45, 2.75) is 8.02 Å². The number of rotatable bonds is 1. The minimum atomic E-state index is -4.16. The molecule has 78 valence electrons. The first-order valence-corrected chi connectivity index (χ1v) is 5.98. The number of phenolic OH excluding ortho intramolecular Hbond substituents is 1. The van der Waals surface area contributed by atoms with E-state index in [4.69, 9.17) is 34.8 Å². The van der Waals surface area contributed by atoms with Crippen LogP contribution in [-0.4, -0.2) is 16.6 Å². The number of aromatic hydroxyl groups is 1. The zero-order valence-electron chi connectivity index (χ0n) is 6.62. The molecule has 0 amide bonds. The zero-order valence-corrected chi connectivity index (χ0v) is 9.70. The molecule has 0 unspecified atom stereocenters. The van der Waals surface area contributed by atoms with E-state index in [1.807, 2.05) is 0 Å². The Balaban J connectivity index is 3.40. The minimum absolute atomic E-state index is 0.403. The lowest BCUT2D eigenvalue weighted by Gasteiger charge is -2.12. The van der Waals surface area contributed by atoms with Crippen LogP contribution < -0.4 is 0 Å². The van der Waals surface area contributed by atoms with Gasteiger partial charge < -0.3 is 5.11 Å². The summed E-state index contributed by atoms with van der Waals surface area (Å²) in [5.41, 5.74) is 0. The maximum Gasteiger partial charge on any atom is 0.297 e.